The molecule has 0 unspecified atom stereocenters. The summed E-state index contributed by atoms with van der Waals surface area (Å²) in [6.07, 6.45) is 1.13. The van der Waals surface area contributed by atoms with Crippen molar-refractivity contribution in [2.24, 2.45) is 5.10 Å². The summed E-state index contributed by atoms with van der Waals surface area (Å²) in [6, 6.07) is 9.45. The van der Waals surface area contributed by atoms with Crippen LogP contribution >= 0.6 is 11.6 Å². The quantitative estimate of drug-likeness (QED) is 0.591. The smallest absolute Gasteiger partial charge is 0.276 e. The van der Waals surface area contributed by atoms with Gasteiger partial charge in [0.05, 0.1) is 11.1 Å². The van der Waals surface area contributed by atoms with Crippen LogP contribution in [0.15, 0.2) is 52.5 Å². The van der Waals surface area contributed by atoms with Crippen molar-refractivity contribution in [1.82, 2.24) is 4.83 Å². The van der Waals surface area contributed by atoms with E-state index in [0.717, 1.165) is 12.3 Å². The molecule has 0 radical (unpaired) electrons. The number of nitrogens with zero attached hydrogens (tertiary/aromatic N) is 1. The number of aromatic hydroxyl groups is 2. The molecule has 0 aliphatic carbocycles. The van der Waals surface area contributed by atoms with Gasteiger partial charge in [0.15, 0.2) is 0 Å². The molecule has 0 atom stereocenters. The minimum Gasteiger partial charge on any atom is -0.508 e. The molecule has 8 heteroatoms. The first-order valence-corrected chi connectivity index (χ1v) is 7.57. The molecule has 0 aromatic heterocycles. The van der Waals surface area contributed by atoms with Gasteiger partial charge in [-0.2, -0.15) is 13.5 Å². The summed E-state index contributed by atoms with van der Waals surface area (Å²) < 4.78 is 23.8. The van der Waals surface area contributed by atoms with E-state index in [1.165, 1.54) is 36.4 Å². The summed E-state index contributed by atoms with van der Waals surface area (Å²) in [5, 5.41) is 22.6. The zero-order valence-corrected chi connectivity index (χ0v) is 12.1. The number of phenols is 2. The van der Waals surface area contributed by atoms with Gasteiger partial charge in [0.2, 0.25) is 0 Å². The predicted molar refractivity (Wildman–Crippen MR) is 79.1 cm³/mol. The Morgan fingerprint density at radius 1 is 1.10 bits per heavy atom. The van der Waals surface area contributed by atoms with E-state index in [4.69, 9.17) is 16.7 Å². The van der Waals surface area contributed by atoms with Crippen molar-refractivity contribution in [3.8, 4) is 11.5 Å². The molecule has 110 valence electrons. The monoisotopic (exact) mass is 326 g/mol. The van der Waals surface area contributed by atoms with Crippen LogP contribution in [0, 0.1) is 0 Å². The fraction of sp³-hybridized carbons (Fsp3) is 0. The Kier molecular flexibility index (Phi) is 4.35. The molecule has 3 N–H and O–H groups in total. The Balaban J connectivity index is 2.14. The minimum atomic E-state index is -3.81. The lowest BCUT2D eigenvalue weighted by atomic mass is 10.2. The second kappa shape index (κ2) is 6.02. The lowest BCUT2D eigenvalue weighted by Gasteiger charge is -2.03. The first-order chi connectivity index (χ1) is 9.88. The first kappa shape index (κ1) is 15.1. The third-order valence-electron chi connectivity index (χ3n) is 2.51. The maximum atomic E-state index is 11.9. The van der Waals surface area contributed by atoms with E-state index in [9.17, 15) is 13.5 Å². The van der Waals surface area contributed by atoms with Crippen molar-refractivity contribution in [2.75, 3.05) is 0 Å². The van der Waals surface area contributed by atoms with Gasteiger partial charge < -0.3 is 10.2 Å². The van der Waals surface area contributed by atoms with Gasteiger partial charge in [-0.05, 0) is 36.4 Å². The van der Waals surface area contributed by atoms with Gasteiger partial charge in [-0.3, -0.25) is 0 Å². The summed E-state index contributed by atoms with van der Waals surface area (Å²) in [4.78, 5) is 2.02. The molecule has 0 fully saturated rings. The first-order valence-electron chi connectivity index (χ1n) is 5.71. The van der Waals surface area contributed by atoms with Gasteiger partial charge in [-0.25, -0.2) is 4.83 Å². The van der Waals surface area contributed by atoms with Crippen LogP contribution in [0.4, 0.5) is 0 Å². The van der Waals surface area contributed by atoms with Gasteiger partial charge >= 0.3 is 0 Å². The molecule has 2 rings (SSSR count). The fourth-order valence-corrected chi connectivity index (χ4v) is 2.39. The summed E-state index contributed by atoms with van der Waals surface area (Å²) >= 11 is 5.68. The van der Waals surface area contributed by atoms with E-state index in [1.807, 2.05) is 4.83 Å². The molecule has 0 bridgehead atoms. The van der Waals surface area contributed by atoms with E-state index >= 15 is 0 Å². The van der Waals surface area contributed by atoms with Crippen LogP contribution < -0.4 is 4.83 Å². The van der Waals surface area contributed by atoms with Crippen LogP contribution in [-0.4, -0.2) is 24.8 Å². The lowest BCUT2D eigenvalue weighted by Crippen LogP contribution is -2.18. The molecule has 0 aliphatic rings. The number of sulfonamides is 1. The van der Waals surface area contributed by atoms with Crippen molar-refractivity contribution in [1.29, 1.82) is 0 Å². The molecule has 0 aliphatic heterocycles. The van der Waals surface area contributed by atoms with Crippen LogP contribution in [0.1, 0.15) is 5.56 Å². The molecular formula is C13H11ClN2O4S. The average molecular weight is 327 g/mol. The lowest BCUT2D eigenvalue weighted by molar-refractivity contribution is 0.450. The topological polar surface area (TPSA) is 99.0 Å². The van der Waals surface area contributed by atoms with Crippen molar-refractivity contribution in [3.63, 3.8) is 0 Å². The Hall–Kier alpha value is -2.25. The number of hydrazone groups is 1. The van der Waals surface area contributed by atoms with Crippen LogP contribution in [-0.2, 0) is 10.0 Å². The molecule has 0 amide bonds. The molecule has 21 heavy (non-hydrogen) atoms. The van der Waals surface area contributed by atoms with Crippen LogP contribution in [0.25, 0.3) is 0 Å². The predicted octanol–water partition coefficient (Wildman–Crippen LogP) is 2.06. The zero-order chi connectivity index (χ0) is 15.5. The standard InChI is InChI=1S/C13H11ClN2O4S/c14-10-2-5-12(6-3-10)21(19,20)16-15-8-9-1-4-11(17)7-13(9)18/h1-8,16-18H. The third kappa shape index (κ3) is 3.87. The van der Waals surface area contributed by atoms with Gasteiger partial charge in [-0.15, -0.1) is 0 Å². The number of phenolic OH excluding ortho intramolecular Hbond substituents is 2. The maximum absolute atomic E-state index is 11.9. The van der Waals surface area contributed by atoms with Crippen molar-refractivity contribution in [2.45, 2.75) is 4.90 Å². The summed E-state index contributed by atoms with van der Waals surface area (Å²) in [5.74, 6) is -0.323. The number of hydrogen-bond donors (Lipinski definition) is 3. The highest BCUT2D eigenvalue weighted by Gasteiger charge is 2.12. The third-order valence-corrected chi connectivity index (χ3v) is 4.00. The second-order valence-corrected chi connectivity index (χ2v) is 6.15. The number of benzene rings is 2. The summed E-state index contributed by atoms with van der Waals surface area (Å²) in [7, 11) is -3.81. The Morgan fingerprint density at radius 2 is 1.76 bits per heavy atom. The van der Waals surface area contributed by atoms with Gasteiger partial charge in [0.1, 0.15) is 11.5 Å². The van der Waals surface area contributed by atoms with Crippen molar-refractivity contribution < 1.29 is 18.6 Å². The highest BCUT2D eigenvalue weighted by molar-refractivity contribution is 7.89. The van der Waals surface area contributed by atoms with E-state index in [2.05, 4.69) is 5.10 Å². The molecule has 0 spiro atoms. The Morgan fingerprint density at radius 3 is 2.38 bits per heavy atom. The SMILES string of the molecule is O=S(=O)(NN=Cc1ccc(O)cc1O)c1ccc(Cl)cc1. The van der Waals surface area contributed by atoms with Gasteiger partial charge in [-0.1, -0.05) is 11.6 Å². The van der Waals surface area contributed by atoms with E-state index in [-0.39, 0.29) is 22.0 Å². The minimum absolute atomic E-state index is 0.0129. The van der Waals surface area contributed by atoms with Crippen molar-refractivity contribution >= 4 is 27.8 Å². The number of halogens is 1. The second-order valence-electron chi connectivity index (χ2n) is 4.05. The molecular weight excluding hydrogens is 316 g/mol. The van der Waals surface area contributed by atoms with Crippen LogP contribution in [0.2, 0.25) is 5.02 Å². The fourth-order valence-electron chi connectivity index (χ4n) is 1.47. The van der Waals surface area contributed by atoms with E-state index in [1.54, 1.807) is 0 Å². The van der Waals surface area contributed by atoms with E-state index in [0.29, 0.717) is 5.02 Å². The highest BCUT2D eigenvalue weighted by atomic mass is 35.5. The molecule has 2 aromatic carbocycles. The number of nitrogens with one attached hydrogen (secondary N) is 1. The average Bonchev–Trinajstić information content (AvgIpc) is 2.41. The Labute approximate surface area is 126 Å². The molecule has 0 saturated heterocycles. The highest BCUT2D eigenvalue weighted by Crippen LogP contribution is 2.20. The largest absolute Gasteiger partial charge is 0.508 e. The summed E-state index contributed by atoms with van der Waals surface area (Å²) in [6.45, 7) is 0. The maximum Gasteiger partial charge on any atom is 0.276 e. The van der Waals surface area contributed by atoms with E-state index < -0.39 is 10.0 Å². The van der Waals surface area contributed by atoms with Crippen molar-refractivity contribution in [3.05, 3.63) is 53.1 Å². The van der Waals surface area contributed by atoms with Gasteiger partial charge in [0, 0.05) is 16.7 Å². The molecule has 6 nitrogen and oxygen atoms in total. The summed E-state index contributed by atoms with van der Waals surface area (Å²) in [5.41, 5.74) is 0.256. The van der Waals surface area contributed by atoms with Crippen LogP contribution in [0.3, 0.4) is 0 Å². The number of rotatable bonds is 4. The normalized spacial score (nSPS) is 11.7. The Bertz CT molecular complexity index is 773. The molecule has 0 saturated carbocycles. The molecule has 0 heterocycles. The van der Waals surface area contributed by atoms with Gasteiger partial charge in [0.25, 0.3) is 10.0 Å². The van der Waals surface area contributed by atoms with Crippen LogP contribution in [0.5, 0.6) is 11.5 Å². The zero-order valence-electron chi connectivity index (χ0n) is 10.6. The number of hydrogen-bond acceptors (Lipinski definition) is 5. The molecule has 2 aromatic rings.